The van der Waals surface area contributed by atoms with Crippen molar-refractivity contribution < 1.29 is 4.79 Å². The first-order valence-corrected chi connectivity index (χ1v) is 10.4. The second-order valence-corrected chi connectivity index (χ2v) is 8.54. The maximum atomic E-state index is 12.4. The average molecular weight is 399 g/mol. The Morgan fingerprint density at radius 1 is 1.11 bits per heavy atom. The number of carbonyl (C=O) groups is 1. The predicted octanol–water partition coefficient (Wildman–Crippen LogP) is 4.65. The van der Waals surface area contributed by atoms with Crippen molar-refractivity contribution in [2.75, 3.05) is 18.1 Å². The van der Waals surface area contributed by atoms with E-state index in [-0.39, 0.29) is 5.91 Å². The van der Waals surface area contributed by atoms with Crippen molar-refractivity contribution in [1.82, 2.24) is 15.1 Å². The lowest BCUT2D eigenvalue weighted by Crippen LogP contribution is -2.27. The van der Waals surface area contributed by atoms with Crippen molar-refractivity contribution in [2.45, 2.75) is 24.7 Å². The highest BCUT2D eigenvalue weighted by molar-refractivity contribution is 8.01. The first-order valence-electron chi connectivity index (χ1n) is 8.60. The summed E-state index contributed by atoms with van der Waals surface area (Å²) in [7, 11) is 1.83. The number of aromatic nitrogens is 2. The van der Waals surface area contributed by atoms with Crippen LogP contribution in [0.1, 0.15) is 16.7 Å². The van der Waals surface area contributed by atoms with Crippen LogP contribution in [0, 0.1) is 13.8 Å². The molecule has 0 saturated heterocycles. The molecule has 140 valence electrons. The van der Waals surface area contributed by atoms with E-state index >= 15 is 0 Å². The molecule has 0 aliphatic carbocycles. The molecule has 0 fully saturated rings. The zero-order chi connectivity index (χ0) is 19.2. The maximum absolute atomic E-state index is 12.4. The predicted molar refractivity (Wildman–Crippen MR) is 113 cm³/mol. The summed E-state index contributed by atoms with van der Waals surface area (Å²) < 4.78 is 0.781. The number of rotatable bonds is 7. The van der Waals surface area contributed by atoms with Gasteiger partial charge >= 0.3 is 0 Å². The zero-order valence-electron chi connectivity index (χ0n) is 15.6. The van der Waals surface area contributed by atoms with E-state index in [0.717, 1.165) is 26.3 Å². The molecule has 5 nitrogen and oxygen atoms in total. The van der Waals surface area contributed by atoms with Crippen molar-refractivity contribution in [3.05, 3.63) is 65.2 Å². The molecule has 27 heavy (non-hydrogen) atoms. The molecule has 1 heterocycles. The number of benzene rings is 2. The van der Waals surface area contributed by atoms with Crippen molar-refractivity contribution >= 4 is 39.8 Å². The second kappa shape index (κ2) is 9.01. The molecule has 0 bridgehead atoms. The highest BCUT2D eigenvalue weighted by Crippen LogP contribution is 2.28. The van der Waals surface area contributed by atoms with Gasteiger partial charge in [0.25, 0.3) is 0 Å². The van der Waals surface area contributed by atoms with Crippen molar-refractivity contribution in [2.24, 2.45) is 0 Å². The van der Waals surface area contributed by atoms with Gasteiger partial charge in [0.2, 0.25) is 11.0 Å². The van der Waals surface area contributed by atoms with Crippen LogP contribution in [0.2, 0.25) is 0 Å². The van der Waals surface area contributed by atoms with Crippen LogP contribution in [0.4, 0.5) is 10.8 Å². The highest BCUT2D eigenvalue weighted by atomic mass is 32.2. The van der Waals surface area contributed by atoms with Crippen molar-refractivity contribution in [3.63, 3.8) is 0 Å². The van der Waals surface area contributed by atoms with Gasteiger partial charge in [-0.2, -0.15) is 0 Å². The number of hydrogen-bond acceptors (Lipinski definition) is 6. The van der Waals surface area contributed by atoms with Gasteiger partial charge in [-0.3, -0.25) is 4.79 Å². The summed E-state index contributed by atoms with van der Waals surface area (Å²) >= 11 is 2.87. The minimum absolute atomic E-state index is 0.0733. The van der Waals surface area contributed by atoms with Crippen LogP contribution in [-0.2, 0) is 11.3 Å². The number of para-hydroxylation sites is 1. The SMILES string of the molecule is Cc1ccc(CN(C)C(=O)CSc2nnc(Nc3ccccc3C)s2)cc1. The number of carbonyl (C=O) groups excluding carboxylic acids is 1. The van der Waals surface area contributed by atoms with Crippen molar-refractivity contribution in [1.29, 1.82) is 0 Å². The standard InChI is InChI=1S/C20H22N4OS2/c1-14-8-10-16(11-9-14)12-24(3)18(25)13-26-20-23-22-19(27-20)21-17-7-5-4-6-15(17)2/h4-11H,12-13H2,1-3H3,(H,21,22). The monoisotopic (exact) mass is 398 g/mol. The minimum Gasteiger partial charge on any atom is -0.341 e. The summed E-state index contributed by atoms with van der Waals surface area (Å²) in [6, 6.07) is 16.3. The van der Waals surface area contributed by atoms with E-state index in [1.54, 1.807) is 4.90 Å². The highest BCUT2D eigenvalue weighted by Gasteiger charge is 2.13. The molecule has 1 amide bonds. The third-order valence-electron chi connectivity index (χ3n) is 4.08. The van der Waals surface area contributed by atoms with Crippen LogP contribution in [0.15, 0.2) is 52.9 Å². The molecule has 2 aromatic carbocycles. The maximum Gasteiger partial charge on any atom is 0.233 e. The van der Waals surface area contributed by atoms with Crippen LogP contribution < -0.4 is 5.32 Å². The Bertz CT molecular complexity index is 908. The molecule has 0 aliphatic heterocycles. The molecule has 0 saturated carbocycles. The van der Waals surface area contributed by atoms with Crippen LogP contribution in [0.3, 0.4) is 0 Å². The van der Waals surface area contributed by atoms with Gasteiger partial charge < -0.3 is 10.2 Å². The van der Waals surface area contributed by atoms with Gasteiger partial charge in [-0.05, 0) is 31.0 Å². The lowest BCUT2D eigenvalue weighted by molar-refractivity contribution is -0.127. The fraction of sp³-hybridized carbons (Fsp3) is 0.250. The third-order valence-corrected chi connectivity index (χ3v) is 6.04. The number of aryl methyl sites for hydroxylation is 2. The first-order chi connectivity index (χ1) is 13.0. The molecular weight excluding hydrogens is 376 g/mol. The molecule has 1 N–H and O–H groups in total. The fourth-order valence-electron chi connectivity index (χ4n) is 2.44. The van der Waals surface area contributed by atoms with E-state index in [1.165, 1.54) is 28.7 Å². The summed E-state index contributed by atoms with van der Waals surface area (Å²) in [5.74, 6) is 0.422. The summed E-state index contributed by atoms with van der Waals surface area (Å²) in [5, 5.41) is 12.3. The molecule has 0 unspecified atom stereocenters. The summed E-state index contributed by atoms with van der Waals surface area (Å²) in [5.41, 5.74) is 4.51. The van der Waals surface area contributed by atoms with E-state index in [1.807, 2.05) is 38.2 Å². The Balaban J connectivity index is 1.51. The van der Waals surface area contributed by atoms with Crippen molar-refractivity contribution in [3.8, 4) is 0 Å². The van der Waals surface area contributed by atoms with Gasteiger partial charge in [-0.15, -0.1) is 10.2 Å². The first kappa shape index (κ1) is 19.4. The molecule has 0 spiro atoms. The molecule has 7 heteroatoms. The summed E-state index contributed by atoms with van der Waals surface area (Å²) in [4.78, 5) is 14.1. The molecular formula is C20H22N4OS2. The lowest BCUT2D eigenvalue weighted by atomic mass is 10.1. The van der Waals surface area contributed by atoms with Gasteiger partial charge in [-0.25, -0.2) is 0 Å². The van der Waals surface area contributed by atoms with E-state index in [4.69, 9.17) is 0 Å². The summed E-state index contributed by atoms with van der Waals surface area (Å²) in [6.07, 6.45) is 0. The van der Waals surface area contributed by atoms with Crippen LogP contribution in [0.5, 0.6) is 0 Å². The van der Waals surface area contributed by atoms with Gasteiger partial charge in [0.05, 0.1) is 5.75 Å². The zero-order valence-corrected chi connectivity index (χ0v) is 17.2. The minimum atomic E-state index is 0.0733. The van der Waals surface area contributed by atoms with E-state index in [0.29, 0.717) is 12.3 Å². The van der Waals surface area contributed by atoms with Crippen LogP contribution in [-0.4, -0.2) is 33.8 Å². The van der Waals surface area contributed by atoms with Crippen LogP contribution in [0.25, 0.3) is 0 Å². The molecule has 0 radical (unpaired) electrons. The van der Waals surface area contributed by atoms with Gasteiger partial charge in [-0.1, -0.05) is 71.1 Å². The van der Waals surface area contributed by atoms with Gasteiger partial charge in [0.15, 0.2) is 4.34 Å². The smallest absolute Gasteiger partial charge is 0.233 e. The third kappa shape index (κ3) is 5.55. The second-order valence-electron chi connectivity index (χ2n) is 6.34. The van der Waals surface area contributed by atoms with Gasteiger partial charge in [0.1, 0.15) is 0 Å². The molecule has 1 aromatic heterocycles. The number of thioether (sulfide) groups is 1. The Morgan fingerprint density at radius 2 is 1.85 bits per heavy atom. The van der Waals surface area contributed by atoms with Crippen LogP contribution >= 0.6 is 23.1 Å². The molecule has 3 aromatic rings. The topological polar surface area (TPSA) is 58.1 Å². The molecule has 0 aliphatic rings. The van der Waals surface area contributed by atoms with E-state index in [2.05, 4.69) is 46.7 Å². The van der Waals surface area contributed by atoms with E-state index < -0.39 is 0 Å². The number of amides is 1. The number of hydrogen-bond donors (Lipinski definition) is 1. The molecule has 0 atom stereocenters. The van der Waals surface area contributed by atoms with E-state index in [9.17, 15) is 4.79 Å². The lowest BCUT2D eigenvalue weighted by Gasteiger charge is -2.16. The molecule has 3 rings (SSSR count). The Hall–Kier alpha value is -2.38. The largest absolute Gasteiger partial charge is 0.341 e. The average Bonchev–Trinajstić information content (AvgIpc) is 3.11. The number of nitrogens with one attached hydrogen (secondary N) is 1. The van der Waals surface area contributed by atoms with Gasteiger partial charge in [0, 0.05) is 19.3 Å². The Morgan fingerprint density at radius 3 is 2.59 bits per heavy atom. The summed E-state index contributed by atoms with van der Waals surface area (Å²) in [6.45, 7) is 4.71. The fourth-order valence-corrected chi connectivity index (χ4v) is 4.14. The normalized spacial score (nSPS) is 10.6. The Labute approximate surface area is 167 Å². The Kier molecular flexibility index (Phi) is 6.47. The number of nitrogens with zero attached hydrogens (tertiary/aromatic N) is 3. The quantitative estimate of drug-likeness (QED) is 0.587. The number of anilines is 2.